The first-order valence-electron chi connectivity index (χ1n) is 5.02. The van der Waals surface area contributed by atoms with Gasteiger partial charge in [-0.05, 0) is 12.5 Å². The van der Waals surface area contributed by atoms with Crippen LogP contribution in [-0.4, -0.2) is 36.3 Å². The monoisotopic (exact) mass is 271 g/mol. The van der Waals surface area contributed by atoms with Gasteiger partial charge in [-0.2, -0.15) is 0 Å². The van der Waals surface area contributed by atoms with Crippen molar-refractivity contribution in [1.29, 1.82) is 0 Å². The number of hydrogen-bond donors (Lipinski definition) is 0. The van der Waals surface area contributed by atoms with Crippen LogP contribution >= 0.6 is 15.9 Å². The van der Waals surface area contributed by atoms with Gasteiger partial charge in [0.15, 0.2) is 0 Å². The Hall–Kier alpha value is -0.680. The normalized spacial score (nSPS) is 16.8. The number of morpholine rings is 1. The fraction of sp³-hybridized carbons (Fsp3) is 0.600. The highest BCUT2D eigenvalue weighted by Crippen LogP contribution is 2.14. The topological polar surface area (TPSA) is 38.2 Å². The van der Waals surface area contributed by atoms with E-state index in [1.807, 2.05) is 13.1 Å². The van der Waals surface area contributed by atoms with E-state index in [1.54, 1.807) is 0 Å². The molecule has 2 heterocycles. The predicted molar refractivity (Wildman–Crippen MR) is 62.4 cm³/mol. The number of halogens is 1. The van der Waals surface area contributed by atoms with Gasteiger partial charge in [0, 0.05) is 24.6 Å². The Bertz CT molecular complexity index is 339. The third-order valence-electron chi connectivity index (χ3n) is 2.48. The molecule has 82 valence electrons. The maximum atomic E-state index is 5.30. The van der Waals surface area contributed by atoms with E-state index in [1.165, 1.54) is 0 Å². The molecule has 4 nitrogen and oxygen atoms in total. The van der Waals surface area contributed by atoms with E-state index in [0.29, 0.717) is 0 Å². The lowest BCUT2D eigenvalue weighted by Crippen LogP contribution is -2.37. The Balaban J connectivity index is 2.20. The minimum Gasteiger partial charge on any atom is -0.378 e. The standard InChI is InChI=1S/C10H14BrN3O/c1-8-7-12-10(13-9(8)6-11)14-2-4-15-5-3-14/h7H,2-6H2,1H3. The summed E-state index contributed by atoms with van der Waals surface area (Å²) in [5.74, 6) is 0.818. The molecule has 0 spiro atoms. The first kappa shape index (κ1) is 10.8. The number of aromatic nitrogens is 2. The molecule has 0 radical (unpaired) electrons. The Morgan fingerprint density at radius 1 is 1.47 bits per heavy atom. The van der Waals surface area contributed by atoms with E-state index in [4.69, 9.17) is 4.74 Å². The minimum absolute atomic E-state index is 0.765. The Labute approximate surface area is 97.8 Å². The molecule has 0 saturated carbocycles. The SMILES string of the molecule is Cc1cnc(N2CCOCC2)nc1CBr. The van der Waals surface area contributed by atoms with E-state index >= 15 is 0 Å². The van der Waals surface area contributed by atoms with Crippen molar-refractivity contribution < 1.29 is 4.74 Å². The molecule has 0 amide bonds. The molecular formula is C10H14BrN3O. The van der Waals surface area contributed by atoms with Crippen molar-refractivity contribution in [3.63, 3.8) is 0 Å². The van der Waals surface area contributed by atoms with E-state index < -0.39 is 0 Å². The molecule has 0 bridgehead atoms. The first-order chi connectivity index (χ1) is 7.31. The smallest absolute Gasteiger partial charge is 0.225 e. The van der Waals surface area contributed by atoms with Crippen molar-refractivity contribution in [1.82, 2.24) is 9.97 Å². The zero-order valence-electron chi connectivity index (χ0n) is 8.74. The average Bonchev–Trinajstić information content (AvgIpc) is 2.31. The van der Waals surface area contributed by atoms with Gasteiger partial charge in [-0.15, -0.1) is 0 Å². The molecule has 0 aliphatic carbocycles. The number of nitrogens with zero attached hydrogens (tertiary/aromatic N) is 3. The summed E-state index contributed by atoms with van der Waals surface area (Å²) in [5.41, 5.74) is 2.19. The third-order valence-corrected chi connectivity index (χ3v) is 3.02. The lowest BCUT2D eigenvalue weighted by molar-refractivity contribution is 0.122. The van der Waals surface area contributed by atoms with Crippen LogP contribution in [0.25, 0.3) is 0 Å². The van der Waals surface area contributed by atoms with Gasteiger partial charge in [-0.3, -0.25) is 0 Å². The minimum atomic E-state index is 0.765. The summed E-state index contributed by atoms with van der Waals surface area (Å²) in [5, 5.41) is 0.776. The number of anilines is 1. The molecule has 1 aliphatic rings. The molecule has 2 rings (SSSR count). The molecule has 1 fully saturated rings. The highest BCUT2D eigenvalue weighted by Gasteiger charge is 2.14. The number of alkyl halides is 1. The van der Waals surface area contributed by atoms with E-state index in [0.717, 1.165) is 48.8 Å². The summed E-state index contributed by atoms with van der Waals surface area (Å²) in [6.45, 7) is 5.32. The van der Waals surface area contributed by atoms with Gasteiger partial charge < -0.3 is 9.64 Å². The highest BCUT2D eigenvalue weighted by molar-refractivity contribution is 9.08. The molecule has 0 unspecified atom stereocenters. The van der Waals surface area contributed by atoms with Crippen LogP contribution in [0.5, 0.6) is 0 Å². The molecule has 1 aliphatic heterocycles. The van der Waals surface area contributed by atoms with Crippen LogP contribution in [0.4, 0.5) is 5.95 Å². The lowest BCUT2D eigenvalue weighted by atomic mass is 10.3. The molecule has 0 N–H and O–H groups in total. The summed E-state index contributed by atoms with van der Waals surface area (Å²) in [6.07, 6.45) is 1.88. The fourth-order valence-corrected chi connectivity index (χ4v) is 2.09. The quantitative estimate of drug-likeness (QED) is 0.765. The summed E-state index contributed by atoms with van der Waals surface area (Å²) in [7, 11) is 0. The van der Waals surface area contributed by atoms with Gasteiger partial charge in [-0.25, -0.2) is 9.97 Å². The fourth-order valence-electron chi connectivity index (χ4n) is 1.52. The second kappa shape index (κ2) is 4.90. The van der Waals surface area contributed by atoms with Gasteiger partial charge in [0.25, 0.3) is 0 Å². The number of ether oxygens (including phenoxy) is 1. The first-order valence-corrected chi connectivity index (χ1v) is 6.14. The average molecular weight is 272 g/mol. The second-order valence-corrected chi connectivity index (χ2v) is 4.09. The van der Waals surface area contributed by atoms with Gasteiger partial charge >= 0.3 is 0 Å². The van der Waals surface area contributed by atoms with Crippen molar-refractivity contribution in [3.05, 3.63) is 17.5 Å². The van der Waals surface area contributed by atoms with Crippen LogP contribution < -0.4 is 4.90 Å². The zero-order chi connectivity index (χ0) is 10.7. The number of rotatable bonds is 2. The van der Waals surface area contributed by atoms with E-state index in [-0.39, 0.29) is 0 Å². The van der Waals surface area contributed by atoms with Crippen molar-refractivity contribution in [2.75, 3.05) is 31.2 Å². The van der Waals surface area contributed by atoms with Crippen LogP contribution in [-0.2, 0) is 10.1 Å². The van der Waals surface area contributed by atoms with E-state index in [9.17, 15) is 0 Å². The zero-order valence-corrected chi connectivity index (χ0v) is 10.3. The van der Waals surface area contributed by atoms with Crippen molar-refractivity contribution in [2.45, 2.75) is 12.3 Å². The Morgan fingerprint density at radius 2 is 2.20 bits per heavy atom. The molecule has 1 saturated heterocycles. The summed E-state index contributed by atoms with van der Waals surface area (Å²) in [6, 6.07) is 0. The van der Waals surface area contributed by atoms with Crippen LogP contribution in [0.3, 0.4) is 0 Å². The van der Waals surface area contributed by atoms with Gasteiger partial charge in [0.1, 0.15) is 0 Å². The van der Waals surface area contributed by atoms with Crippen molar-refractivity contribution in [2.24, 2.45) is 0 Å². The third kappa shape index (κ3) is 2.46. The van der Waals surface area contributed by atoms with Crippen LogP contribution in [0, 0.1) is 6.92 Å². The summed E-state index contributed by atoms with van der Waals surface area (Å²) >= 11 is 3.43. The number of aryl methyl sites for hydroxylation is 1. The van der Waals surface area contributed by atoms with Crippen molar-refractivity contribution >= 4 is 21.9 Å². The van der Waals surface area contributed by atoms with Gasteiger partial charge in [0.05, 0.1) is 18.9 Å². The molecule has 5 heteroatoms. The summed E-state index contributed by atoms with van der Waals surface area (Å²) < 4.78 is 5.30. The molecule has 0 aromatic carbocycles. The van der Waals surface area contributed by atoms with E-state index in [2.05, 4.69) is 30.8 Å². The number of hydrogen-bond acceptors (Lipinski definition) is 4. The van der Waals surface area contributed by atoms with Crippen LogP contribution in [0.2, 0.25) is 0 Å². The van der Waals surface area contributed by atoms with Crippen LogP contribution in [0.15, 0.2) is 6.20 Å². The molecule has 15 heavy (non-hydrogen) atoms. The predicted octanol–water partition coefficient (Wildman–Crippen LogP) is 1.52. The Morgan fingerprint density at radius 3 is 2.87 bits per heavy atom. The molecule has 0 atom stereocenters. The molecular weight excluding hydrogens is 258 g/mol. The maximum absolute atomic E-state index is 5.30. The molecule has 1 aromatic heterocycles. The maximum Gasteiger partial charge on any atom is 0.225 e. The van der Waals surface area contributed by atoms with Gasteiger partial charge in [-0.1, -0.05) is 15.9 Å². The summed E-state index contributed by atoms with van der Waals surface area (Å²) in [4.78, 5) is 11.0. The largest absolute Gasteiger partial charge is 0.378 e. The lowest BCUT2D eigenvalue weighted by Gasteiger charge is -2.27. The molecule has 1 aromatic rings. The highest BCUT2D eigenvalue weighted by atomic mass is 79.9. The van der Waals surface area contributed by atoms with Crippen molar-refractivity contribution in [3.8, 4) is 0 Å². The Kier molecular flexibility index (Phi) is 3.53. The second-order valence-electron chi connectivity index (χ2n) is 3.53. The van der Waals surface area contributed by atoms with Gasteiger partial charge in [0.2, 0.25) is 5.95 Å². The van der Waals surface area contributed by atoms with Crippen LogP contribution in [0.1, 0.15) is 11.3 Å².